The summed E-state index contributed by atoms with van der Waals surface area (Å²) in [4.78, 5) is 24.2. The van der Waals surface area contributed by atoms with Gasteiger partial charge in [0.15, 0.2) is 10.1 Å². The van der Waals surface area contributed by atoms with E-state index in [0.717, 1.165) is 16.0 Å². The first-order valence-electron chi connectivity index (χ1n) is 8.09. The van der Waals surface area contributed by atoms with Gasteiger partial charge in [0.05, 0.1) is 5.25 Å². The first kappa shape index (κ1) is 19.4. The molecule has 6 nitrogen and oxygen atoms in total. The van der Waals surface area contributed by atoms with E-state index in [2.05, 4.69) is 20.8 Å². The highest BCUT2D eigenvalue weighted by atomic mass is 32.2. The predicted molar refractivity (Wildman–Crippen MR) is 104 cm³/mol. The summed E-state index contributed by atoms with van der Waals surface area (Å²) in [7, 11) is 0. The van der Waals surface area contributed by atoms with Crippen molar-refractivity contribution in [3.05, 3.63) is 29.8 Å². The SMILES string of the molecule is CCNc1nnc(SC(C)C(=O)c2ccc(NC(=O)C(C)C)cc2)s1. The highest BCUT2D eigenvalue weighted by Gasteiger charge is 2.19. The zero-order chi connectivity index (χ0) is 18.4. The van der Waals surface area contributed by atoms with Crippen LogP contribution in [0.3, 0.4) is 0 Å². The molecule has 134 valence electrons. The summed E-state index contributed by atoms with van der Waals surface area (Å²) in [5.41, 5.74) is 1.30. The lowest BCUT2D eigenvalue weighted by Crippen LogP contribution is -2.18. The molecule has 1 aromatic heterocycles. The van der Waals surface area contributed by atoms with Crippen LogP contribution < -0.4 is 10.6 Å². The number of hydrogen-bond donors (Lipinski definition) is 2. The second-order valence-corrected chi connectivity index (χ2v) is 8.31. The molecule has 0 saturated heterocycles. The van der Waals surface area contributed by atoms with E-state index in [1.165, 1.54) is 23.1 Å². The molecule has 2 N–H and O–H groups in total. The lowest BCUT2D eigenvalue weighted by atomic mass is 10.1. The normalized spacial score (nSPS) is 12.0. The number of thioether (sulfide) groups is 1. The molecule has 1 aromatic carbocycles. The van der Waals surface area contributed by atoms with Crippen molar-refractivity contribution in [2.75, 3.05) is 17.2 Å². The number of hydrogen-bond acceptors (Lipinski definition) is 7. The molecule has 1 unspecified atom stereocenters. The molecular formula is C17H22N4O2S2. The first-order valence-corrected chi connectivity index (χ1v) is 9.79. The molecule has 0 aliphatic rings. The van der Waals surface area contributed by atoms with Crippen LogP contribution in [0.1, 0.15) is 38.1 Å². The van der Waals surface area contributed by atoms with E-state index in [1.807, 2.05) is 27.7 Å². The van der Waals surface area contributed by atoms with Gasteiger partial charge in [-0.1, -0.05) is 36.9 Å². The van der Waals surface area contributed by atoms with Gasteiger partial charge < -0.3 is 10.6 Å². The Morgan fingerprint density at radius 1 is 1.16 bits per heavy atom. The first-order chi connectivity index (χ1) is 11.9. The Labute approximate surface area is 155 Å². The number of amides is 1. The fourth-order valence-corrected chi connectivity index (χ4v) is 3.96. The van der Waals surface area contributed by atoms with Gasteiger partial charge in [-0.3, -0.25) is 9.59 Å². The van der Waals surface area contributed by atoms with Crippen molar-refractivity contribution in [1.29, 1.82) is 0 Å². The maximum atomic E-state index is 12.6. The van der Waals surface area contributed by atoms with Crippen LogP contribution in [0, 0.1) is 5.92 Å². The Kier molecular flexibility index (Phi) is 6.95. The van der Waals surface area contributed by atoms with Crippen molar-refractivity contribution in [1.82, 2.24) is 10.2 Å². The molecule has 1 amide bonds. The monoisotopic (exact) mass is 378 g/mol. The van der Waals surface area contributed by atoms with Crippen LogP contribution in [0.4, 0.5) is 10.8 Å². The van der Waals surface area contributed by atoms with Gasteiger partial charge in [-0.05, 0) is 38.1 Å². The summed E-state index contributed by atoms with van der Waals surface area (Å²) in [5.74, 6) is -0.112. The zero-order valence-electron chi connectivity index (χ0n) is 14.7. The van der Waals surface area contributed by atoms with Crippen LogP contribution in [0.2, 0.25) is 0 Å². The second-order valence-electron chi connectivity index (χ2n) is 5.75. The fraction of sp³-hybridized carbons (Fsp3) is 0.412. The van der Waals surface area contributed by atoms with Crippen molar-refractivity contribution < 1.29 is 9.59 Å². The molecule has 1 atom stereocenters. The fourth-order valence-electron chi connectivity index (χ4n) is 1.92. The minimum Gasteiger partial charge on any atom is -0.360 e. The average Bonchev–Trinajstić information content (AvgIpc) is 3.02. The molecule has 0 saturated carbocycles. The highest BCUT2D eigenvalue weighted by molar-refractivity contribution is 8.02. The number of anilines is 2. The number of ketones is 1. The number of nitrogens with zero attached hydrogens (tertiary/aromatic N) is 2. The number of carbonyl (C=O) groups excluding carboxylic acids is 2. The molecule has 0 bridgehead atoms. The topological polar surface area (TPSA) is 84.0 Å². The Hall–Kier alpha value is -1.93. The Morgan fingerprint density at radius 2 is 1.84 bits per heavy atom. The van der Waals surface area contributed by atoms with Crippen LogP contribution in [-0.2, 0) is 4.79 Å². The third-order valence-corrected chi connectivity index (χ3v) is 5.41. The van der Waals surface area contributed by atoms with E-state index in [-0.39, 0.29) is 22.9 Å². The quantitative estimate of drug-likeness (QED) is 0.535. The number of aromatic nitrogens is 2. The summed E-state index contributed by atoms with van der Waals surface area (Å²) >= 11 is 2.84. The zero-order valence-corrected chi connectivity index (χ0v) is 16.3. The van der Waals surface area contributed by atoms with E-state index in [4.69, 9.17) is 0 Å². The molecule has 0 aliphatic carbocycles. The lowest BCUT2D eigenvalue weighted by molar-refractivity contribution is -0.118. The van der Waals surface area contributed by atoms with Crippen LogP contribution in [0.5, 0.6) is 0 Å². The molecular weight excluding hydrogens is 356 g/mol. The molecule has 0 aliphatic heterocycles. The minimum absolute atomic E-state index is 0.0203. The Balaban J connectivity index is 1.97. The van der Waals surface area contributed by atoms with Crippen LogP contribution in [0.15, 0.2) is 28.6 Å². The van der Waals surface area contributed by atoms with Gasteiger partial charge in [0, 0.05) is 23.7 Å². The molecule has 0 radical (unpaired) electrons. The molecule has 25 heavy (non-hydrogen) atoms. The van der Waals surface area contributed by atoms with E-state index in [9.17, 15) is 9.59 Å². The molecule has 2 aromatic rings. The predicted octanol–water partition coefficient (Wildman–Crippen LogP) is 3.93. The largest absolute Gasteiger partial charge is 0.360 e. The molecule has 8 heteroatoms. The number of rotatable bonds is 8. The summed E-state index contributed by atoms with van der Waals surface area (Å²) in [6, 6.07) is 6.97. The maximum absolute atomic E-state index is 12.6. The highest BCUT2D eigenvalue weighted by Crippen LogP contribution is 2.30. The van der Waals surface area contributed by atoms with Gasteiger partial charge in [-0.25, -0.2) is 0 Å². The molecule has 2 rings (SSSR count). The number of carbonyl (C=O) groups is 2. The van der Waals surface area contributed by atoms with Crippen molar-refractivity contribution in [3.63, 3.8) is 0 Å². The third-order valence-electron chi connectivity index (χ3n) is 3.34. The van der Waals surface area contributed by atoms with Crippen LogP contribution >= 0.6 is 23.1 Å². The van der Waals surface area contributed by atoms with Gasteiger partial charge >= 0.3 is 0 Å². The summed E-state index contributed by atoms with van der Waals surface area (Å²) in [5, 5.41) is 14.5. The van der Waals surface area contributed by atoms with E-state index in [0.29, 0.717) is 11.3 Å². The van der Waals surface area contributed by atoms with E-state index >= 15 is 0 Å². The molecule has 0 fully saturated rings. The lowest BCUT2D eigenvalue weighted by Gasteiger charge is -2.10. The van der Waals surface area contributed by atoms with Crippen molar-refractivity contribution in [2.24, 2.45) is 5.92 Å². The van der Waals surface area contributed by atoms with Crippen LogP contribution in [-0.4, -0.2) is 33.7 Å². The van der Waals surface area contributed by atoms with Crippen LogP contribution in [0.25, 0.3) is 0 Å². The number of Topliss-reactive ketones (excluding diaryl/α,β-unsaturated/α-hetero) is 1. The Bertz CT molecular complexity index is 729. The van der Waals surface area contributed by atoms with E-state index in [1.54, 1.807) is 24.3 Å². The van der Waals surface area contributed by atoms with E-state index < -0.39 is 0 Å². The summed E-state index contributed by atoms with van der Waals surface area (Å²) < 4.78 is 0.762. The number of nitrogens with one attached hydrogen (secondary N) is 2. The average molecular weight is 379 g/mol. The smallest absolute Gasteiger partial charge is 0.226 e. The molecule has 0 spiro atoms. The summed E-state index contributed by atoms with van der Waals surface area (Å²) in [6.07, 6.45) is 0. The number of benzene rings is 1. The minimum atomic E-state index is -0.265. The second kappa shape index (κ2) is 8.96. The van der Waals surface area contributed by atoms with Gasteiger partial charge in [0.1, 0.15) is 0 Å². The van der Waals surface area contributed by atoms with Crippen molar-refractivity contribution >= 4 is 45.6 Å². The van der Waals surface area contributed by atoms with Gasteiger partial charge in [0.2, 0.25) is 11.0 Å². The van der Waals surface area contributed by atoms with Gasteiger partial charge in [-0.2, -0.15) is 0 Å². The van der Waals surface area contributed by atoms with Crippen molar-refractivity contribution in [3.8, 4) is 0 Å². The molecule has 1 heterocycles. The maximum Gasteiger partial charge on any atom is 0.226 e. The standard InChI is InChI=1S/C17H22N4O2S2/c1-5-18-16-20-21-17(25-16)24-11(4)14(22)12-6-8-13(9-7-12)19-15(23)10(2)3/h6-11H,5H2,1-4H3,(H,18,20)(H,19,23). The van der Waals surface area contributed by atoms with Gasteiger partial charge in [0.25, 0.3) is 0 Å². The Morgan fingerprint density at radius 3 is 2.44 bits per heavy atom. The third kappa shape index (κ3) is 5.54. The van der Waals surface area contributed by atoms with Crippen molar-refractivity contribution in [2.45, 2.75) is 37.3 Å². The van der Waals surface area contributed by atoms with Gasteiger partial charge in [-0.15, -0.1) is 10.2 Å². The summed E-state index contributed by atoms with van der Waals surface area (Å²) in [6.45, 7) is 8.30.